The van der Waals surface area contributed by atoms with Crippen LogP contribution < -0.4 is 20.3 Å². The van der Waals surface area contributed by atoms with Gasteiger partial charge in [-0.25, -0.2) is 4.98 Å². The van der Waals surface area contributed by atoms with Crippen LogP contribution in [0.2, 0.25) is 5.02 Å². The molecule has 1 heterocycles. The summed E-state index contributed by atoms with van der Waals surface area (Å²) in [6, 6.07) is 10.5. The minimum atomic E-state index is -0.264. The van der Waals surface area contributed by atoms with E-state index in [0.717, 1.165) is 25.7 Å². The number of carbonyl (C=O) groups excluding carboxylic acids is 1. The highest BCUT2D eigenvalue weighted by atomic mass is 35.5. The van der Waals surface area contributed by atoms with Crippen LogP contribution in [-0.4, -0.2) is 35.4 Å². The molecule has 3 rings (SSSR count). The number of para-hydroxylation sites is 1. The van der Waals surface area contributed by atoms with Crippen molar-refractivity contribution in [2.45, 2.75) is 44.3 Å². The van der Waals surface area contributed by atoms with Gasteiger partial charge in [0, 0.05) is 12.6 Å². The number of hydrogen-bond acceptors (Lipinski definition) is 6. The van der Waals surface area contributed by atoms with E-state index in [9.17, 15) is 9.59 Å². The number of rotatable bonds is 11. The highest BCUT2D eigenvalue weighted by molar-refractivity contribution is 7.99. The second-order valence-electron chi connectivity index (χ2n) is 7.45. The number of nitrogens with one attached hydrogen (secondary N) is 1. The molecule has 0 fully saturated rings. The summed E-state index contributed by atoms with van der Waals surface area (Å²) in [5, 5.41) is 4.29. The van der Waals surface area contributed by atoms with Gasteiger partial charge in [0.05, 0.1) is 41.6 Å². The summed E-state index contributed by atoms with van der Waals surface area (Å²) in [7, 11) is 3.01. The van der Waals surface area contributed by atoms with Crippen LogP contribution in [0.25, 0.3) is 10.9 Å². The number of ether oxygens (including phenoxy) is 2. The summed E-state index contributed by atoms with van der Waals surface area (Å²) in [4.78, 5) is 30.5. The molecule has 0 saturated heterocycles. The van der Waals surface area contributed by atoms with Crippen molar-refractivity contribution in [3.8, 4) is 11.5 Å². The molecule has 33 heavy (non-hydrogen) atoms. The van der Waals surface area contributed by atoms with Gasteiger partial charge in [-0.05, 0) is 24.6 Å². The number of anilines is 1. The maximum absolute atomic E-state index is 13.1. The smallest absolute Gasteiger partial charge is 0.262 e. The Hall–Kier alpha value is -2.71. The van der Waals surface area contributed by atoms with Crippen LogP contribution in [0, 0.1) is 0 Å². The molecule has 7 nitrogen and oxygen atoms in total. The van der Waals surface area contributed by atoms with Gasteiger partial charge in [0.1, 0.15) is 11.5 Å². The summed E-state index contributed by atoms with van der Waals surface area (Å²) in [5.74, 6) is 0.700. The van der Waals surface area contributed by atoms with Crippen LogP contribution >= 0.6 is 23.4 Å². The van der Waals surface area contributed by atoms with Crippen molar-refractivity contribution in [1.82, 2.24) is 9.55 Å². The van der Waals surface area contributed by atoms with Gasteiger partial charge in [0.15, 0.2) is 5.16 Å². The van der Waals surface area contributed by atoms with Crippen molar-refractivity contribution in [2.75, 3.05) is 25.3 Å². The largest absolute Gasteiger partial charge is 0.495 e. The predicted octanol–water partition coefficient (Wildman–Crippen LogP) is 5.38. The lowest BCUT2D eigenvalue weighted by molar-refractivity contribution is -0.113. The predicted molar refractivity (Wildman–Crippen MR) is 134 cm³/mol. The average Bonchev–Trinajstić information content (AvgIpc) is 2.82. The van der Waals surface area contributed by atoms with Crippen molar-refractivity contribution >= 4 is 45.9 Å². The molecule has 0 unspecified atom stereocenters. The lowest BCUT2D eigenvalue weighted by Crippen LogP contribution is -2.24. The number of fused-ring (bicyclic) bond motifs is 1. The molecule has 176 valence electrons. The molecular weight excluding hydrogens is 462 g/mol. The van der Waals surface area contributed by atoms with Gasteiger partial charge in [0.2, 0.25) is 5.91 Å². The van der Waals surface area contributed by atoms with Crippen LogP contribution in [0.5, 0.6) is 11.5 Å². The molecular formula is C24H28ClN3O4S. The van der Waals surface area contributed by atoms with Crippen molar-refractivity contribution in [3.63, 3.8) is 0 Å². The molecule has 0 saturated carbocycles. The third kappa shape index (κ3) is 6.21. The van der Waals surface area contributed by atoms with E-state index in [1.54, 1.807) is 22.8 Å². The Balaban J connectivity index is 1.79. The minimum Gasteiger partial charge on any atom is -0.495 e. The molecule has 9 heteroatoms. The van der Waals surface area contributed by atoms with Gasteiger partial charge in [-0.3, -0.25) is 14.2 Å². The van der Waals surface area contributed by atoms with Crippen molar-refractivity contribution in [1.29, 1.82) is 0 Å². The van der Waals surface area contributed by atoms with Crippen molar-refractivity contribution in [2.24, 2.45) is 0 Å². The van der Waals surface area contributed by atoms with E-state index in [2.05, 4.69) is 17.2 Å². The number of nitrogens with zero attached hydrogens (tertiary/aromatic N) is 2. The Morgan fingerprint density at radius 1 is 1.12 bits per heavy atom. The Bertz CT molecular complexity index is 1180. The number of halogens is 1. The normalized spacial score (nSPS) is 10.9. The SMILES string of the molecule is CCCCCCn1c(SCC(=O)Nc2cc(Cl)c(OC)cc2OC)nc2ccccc2c1=O. The quantitative estimate of drug-likeness (QED) is 0.221. The number of carbonyl (C=O) groups is 1. The Morgan fingerprint density at radius 3 is 2.61 bits per heavy atom. The Kier molecular flexibility index (Phi) is 9.03. The monoisotopic (exact) mass is 489 g/mol. The number of aromatic nitrogens is 2. The van der Waals surface area contributed by atoms with E-state index in [-0.39, 0.29) is 17.2 Å². The van der Waals surface area contributed by atoms with Crippen molar-refractivity contribution in [3.05, 3.63) is 51.8 Å². The van der Waals surface area contributed by atoms with Crippen LogP contribution in [-0.2, 0) is 11.3 Å². The number of methoxy groups -OCH3 is 2. The van der Waals surface area contributed by atoms with E-state index >= 15 is 0 Å². The summed E-state index contributed by atoms with van der Waals surface area (Å²) in [5.41, 5.74) is 0.986. The van der Waals surface area contributed by atoms with Gasteiger partial charge in [-0.1, -0.05) is 61.7 Å². The number of unbranched alkanes of at least 4 members (excludes halogenated alkanes) is 3. The zero-order chi connectivity index (χ0) is 23.8. The van der Waals surface area contributed by atoms with Gasteiger partial charge in [0.25, 0.3) is 5.56 Å². The molecule has 3 aromatic rings. The minimum absolute atomic E-state index is 0.0759. The van der Waals surface area contributed by atoms with Crippen LogP contribution in [0.4, 0.5) is 5.69 Å². The summed E-state index contributed by atoms with van der Waals surface area (Å²) < 4.78 is 12.2. The van der Waals surface area contributed by atoms with Crippen LogP contribution in [0.3, 0.4) is 0 Å². The molecule has 1 amide bonds. The van der Waals surface area contributed by atoms with E-state index in [1.807, 2.05) is 18.2 Å². The first-order valence-electron chi connectivity index (χ1n) is 10.8. The molecule has 1 N–H and O–H groups in total. The molecule has 2 aromatic carbocycles. The summed E-state index contributed by atoms with van der Waals surface area (Å²) in [6.45, 7) is 2.72. The molecule has 0 aliphatic rings. The first kappa shape index (κ1) is 24.9. The maximum Gasteiger partial charge on any atom is 0.262 e. The Morgan fingerprint density at radius 2 is 1.88 bits per heavy atom. The molecule has 0 radical (unpaired) electrons. The number of benzene rings is 2. The third-order valence-corrected chi connectivity index (χ3v) is 6.41. The molecule has 0 spiro atoms. The second kappa shape index (κ2) is 12.0. The van der Waals surface area contributed by atoms with Gasteiger partial charge < -0.3 is 14.8 Å². The third-order valence-electron chi connectivity index (χ3n) is 5.14. The fraction of sp³-hybridized carbons (Fsp3) is 0.375. The molecule has 1 aromatic heterocycles. The standard InChI is InChI=1S/C24H28ClN3O4S/c1-4-5-6-9-12-28-23(30)16-10-7-8-11-18(16)27-24(28)33-15-22(29)26-19-13-17(25)20(31-2)14-21(19)32-3/h7-8,10-11,13-14H,4-6,9,12,15H2,1-3H3,(H,26,29). The number of thioether (sulfide) groups is 1. The average molecular weight is 490 g/mol. The lowest BCUT2D eigenvalue weighted by atomic mass is 10.2. The van der Waals surface area contributed by atoms with E-state index in [4.69, 9.17) is 21.1 Å². The number of amides is 1. The summed E-state index contributed by atoms with van der Waals surface area (Å²) >= 11 is 7.43. The zero-order valence-corrected chi connectivity index (χ0v) is 20.6. The Labute approximate surface area is 202 Å². The van der Waals surface area contributed by atoms with Gasteiger partial charge in [-0.15, -0.1) is 0 Å². The van der Waals surface area contributed by atoms with Crippen LogP contribution in [0.1, 0.15) is 32.6 Å². The first-order valence-corrected chi connectivity index (χ1v) is 12.2. The van der Waals surface area contributed by atoms with E-state index in [0.29, 0.717) is 44.8 Å². The van der Waals surface area contributed by atoms with Crippen molar-refractivity contribution < 1.29 is 14.3 Å². The van der Waals surface area contributed by atoms with Gasteiger partial charge >= 0.3 is 0 Å². The molecule has 0 atom stereocenters. The summed E-state index contributed by atoms with van der Waals surface area (Å²) in [6.07, 6.45) is 4.16. The fourth-order valence-electron chi connectivity index (χ4n) is 3.43. The molecule has 0 aliphatic heterocycles. The number of hydrogen-bond donors (Lipinski definition) is 1. The van der Waals surface area contributed by atoms with E-state index < -0.39 is 0 Å². The first-order chi connectivity index (χ1) is 16.0. The van der Waals surface area contributed by atoms with Crippen LogP contribution in [0.15, 0.2) is 46.3 Å². The molecule has 0 bridgehead atoms. The van der Waals surface area contributed by atoms with Gasteiger partial charge in [-0.2, -0.15) is 0 Å². The topological polar surface area (TPSA) is 82.5 Å². The van der Waals surface area contributed by atoms with E-state index in [1.165, 1.54) is 26.0 Å². The highest BCUT2D eigenvalue weighted by Gasteiger charge is 2.16. The fourth-order valence-corrected chi connectivity index (χ4v) is 4.49. The highest BCUT2D eigenvalue weighted by Crippen LogP contribution is 2.36. The molecule has 0 aliphatic carbocycles. The second-order valence-corrected chi connectivity index (χ2v) is 8.80. The maximum atomic E-state index is 13.1. The lowest BCUT2D eigenvalue weighted by Gasteiger charge is -2.14. The zero-order valence-electron chi connectivity index (χ0n) is 19.0.